The molecule has 0 amide bonds. The Kier molecular flexibility index (Phi) is 7.44. The number of nitrogens with one attached hydrogen (secondary N) is 1. The molecule has 0 saturated heterocycles. The topological polar surface area (TPSA) is 38.3 Å². The minimum atomic E-state index is -0.0996. The number of carbonyl (C=O) groups excluding carboxylic acids is 1. The average molecular weight is 291 g/mol. The van der Waals surface area contributed by atoms with Crippen LogP contribution < -0.4 is 10.1 Å². The van der Waals surface area contributed by atoms with Crippen LogP contribution in [0.15, 0.2) is 24.3 Å². The SMILES string of the molecule is CCC(=O)[C@H](Cc1ccc(OCC(C)C)cc1)NC(C)C. The first-order chi connectivity index (χ1) is 9.92. The Balaban J connectivity index is 2.64. The second kappa shape index (κ2) is 8.83. The van der Waals surface area contributed by atoms with Gasteiger partial charge in [-0.1, -0.05) is 46.8 Å². The quantitative estimate of drug-likeness (QED) is 0.755. The molecule has 1 rings (SSSR count). The Hall–Kier alpha value is -1.35. The summed E-state index contributed by atoms with van der Waals surface area (Å²) in [4.78, 5) is 12.0. The standard InChI is InChI=1S/C18H29NO2/c1-6-18(20)17(19-14(4)5)11-15-7-9-16(10-8-15)21-12-13(2)3/h7-10,13-14,17,19H,6,11-12H2,1-5H3/t17-/m0/s1. The summed E-state index contributed by atoms with van der Waals surface area (Å²) in [5.41, 5.74) is 1.16. The summed E-state index contributed by atoms with van der Waals surface area (Å²) in [6.45, 7) is 11.0. The molecule has 3 nitrogen and oxygen atoms in total. The molecule has 0 aliphatic rings. The summed E-state index contributed by atoms with van der Waals surface area (Å²) in [5, 5.41) is 3.35. The van der Waals surface area contributed by atoms with Crippen molar-refractivity contribution in [3.8, 4) is 5.75 Å². The highest BCUT2D eigenvalue weighted by Gasteiger charge is 2.17. The Morgan fingerprint density at radius 3 is 2.24 bits per heavy atom. The van der Waals surface area contributed by atoms with Gasteiger partial charge in [-0.3, -0.25) is 4.79 Å². The Morgan fingerprint density at radius 1 is 1.14 bits per heavy atom. The fourth-order valence-electron chi connectivity index (χ4n) is 2.13. The Bertz CT molecular complexity index is 423. The summed E-state index contributed by atoms with van der Waals surface area (Å²) in [6.07, 6.45) is 1.30. The van der Waals surface area contributed by atoms with Gasteiger partial charge in [0.1, 0.15) is 11.5 Å². The lowest BCUT2D eigenvalue weighted by atomic mass is 10.00. The molecule has 1 atom stereocenters. The highest BCUT2D eigenvalue weighted by molar-refractivity contribution is 5.84. The van der Waals surface area contributed by atoms with E-state index in [4.69, 9.17) is 4.74 Å². The zero-order valence-electron chi connectivity index (χ0n) is 14.0. The van der Waals surface area contributed by atoms with Crippen molar-refractivity contribution in [1.82, 2.24) is 5.32 Å². The number of Topliss-reactive ketones (excluding diaryl/α,β-unsaturated/α-hetero) is 1. The fourth-order valence-corrected chi connectivity index (χ4v) is 2.13. The van der Waals surface area contributed by atoms with Crippen molar-refractivity contribution in [1.29, 1.82) is 0 Å². The Labute approximate surface area is 129 Å². The van der Waals surface area contributed by atoms with Gasteiger partial charge in [0.05, 0.1) is 12.6 Å². The van der Waals surface area contributed by atoms with Crippen LogP contribution in [0.25, 0.3) is 0 Å². The molecule has 0 saturated carbocycles. The van der Waals surface area contributed by atoms with Crippen molar-refractivity contribution >= 4 is 5.78 Å². The maximum absolute atomic E-state index is 12.0. The first kappa shape index (κ1) is 17.7. The van der Waals surface area contributed by atoms with Gasteiger partial charge in [-0.05, 0) is 30.0 Å². The molecule has 1 aromatic rings. The Morgan fingerprint density at radius 2 is 1.76 bits per heavy atom. The number of ether oxygens (including phenoxy) is 1. The van der Waals surface area contributed by atoms with E-state index in [0.717, 1.165) is 24.3 Å². The summed E-state index contributed by atoms with van der Waals surface area (Å²) >= 11 is 0. The van der Waals surface area contributed by atoms with Crippen molar-refractivity contribution in [3.05, 3.63) is 29.8 Å². The zero-order chi connectivity index (χ0) is 15.8. The number of ketones is 1. The second-order valence-electron chi connectivity index (χ2n) is 6.25. The van der Waals surface area contributed by atoms with Crippen LogP contribution in [0, 0.1) is 5.92 Å². The average Bonchev–Trinajstić information content (AvgIpc) is 2.44. The van der Waals surface area contributed by atoms with Crippen LogP contribution in [0.5, 0.6) is 5.75 Å². The minimum absolute atomic E-state index is 0.0996. The monoisotopic (exact) mass is 291 g/mol. The lowest BCUT2D eigenvalue weighted by Crippen LogP contribution is -2.42. The zero-order valence-corrected chi connectivity index (χ0v) is 14.0. The molecule has 0 fully saturated rings. The number of hydrogen-bond donors (Lipinski definition) is 1. The molecular weight excluding hydrogens is 262 g/mol. The smallest absolute Gasteiger partial charge is 0.149 e. The lowest BCUT2D eigenvalue weighted by molar-refractivity contribution is -0.120. The number of hydrogen-bond acceptors (Lipinski definition) is 3. The lowest BCUT2D eigenvalue weighted by Gasteiger charge is -2.20. The predicted octanol–water partition coefficient (Wildman–Crippen LogP) is 3.61. The van der Waals surface area contributed by atoms with E-state index in [-0.39, 0.29) is 11.8 Å². The third-order valence-electron chi connectivity index (χ3n) is 3.22. The fraction of sp³-hybridized carbons (Fsp3) is 0.611. The summed E-state index contributed by atoms with van der Waals surface area (Å²) < 4.78 is 5.68. The van der Waals surface area contributed by atoms with Gasteiger partial charge in [0, 0.05) is 12.5 Å². The summed E-state index contributed by atoms with van der Waals surface area (Å²) in [7, 11) is 0. The molecule has 0 radical (unpaired) electrons. The highest BCUT2D eigenvalue weighted by atomic mass is 16.5. The van der Waals surface area contributed by atoms with E-state index in [9.17, 15) is 4.79 Å². The second-order valence-corrected chi connectivity index (χ2v) is 6.25. The maximum Gasteiger partial charge on any atom is 0.149 e. The highest BCUT2D eigenvalue weighted by Crippen LogP contribution is 2.15. The van der Waals surface area contributed by atoms with E-state index in [1.54, 1.807) is 0 Å². The molecule has 0 spiro atoms. The van der Waals surface area contributed by atoms with Gasteiger partial charge in [-0.15, -0.1) is 0 Å². The largest absolute Gasteiger partial charge is 0.493 e. The van der Waals surface area contributed by atoms with Crippen LogP contribution in [-0.2, 0) is 11.2 Å². The van der Waals surface area contributed by atoms with Crippen molar-refractivity contribution in [3.63, 3.8) is 0 Å². The summed E-state index contributed by atoms with van der Waals surface area (Å²) in [5.74, 6) is 1.68. The van der Waals surface area contributed by atoms with E-state index >= 15 is 0 Å². The van der Waals surface area contributed by atoms with Gasteiger partial charge in [0.25, 0.3) is 0 Å². The van der Waals surface area contributed by atoms with Crippen molar-refractivity contribution in [2.75, 3.05) is 6.61 Å². The van der Waals surface area contributed by atoms with Crippen LogP contribution >= 0.6 is 0 Å². The first-order valence-corrected chi connectivity index (χ1v) is 7.92. The van der Waals surface area contributed by atoms with Crippen molar-refractivity contribution in [2.24, 2.45) is 5.92 Å². The van der Waals surface area contributed by atoms with Crippen LogP contribution in [0.3, 0.4) is 0 Å². The van der Waals surface area contributed by atoms with Crippen molar-refractivity contribution in [2.45, 2.75) is 59.5 Å². The molecule has 3 heteroatoms. The van der Waals surface area contributed by atoms with Gasteiger partial charge in [0.15, 0.2) is 0 Å². The molecule has 0 aliphatic carbocycles. The maximum atomic E-state index is 12.0. The number of carbonyl (C=O) groups is 1. The van der Waals surface area contributed by atoms with E-state index in [1.807, 2.05) is 31.2 Å². The van der Waals surface area contributed by atoms with Gasteiger partial charge < -0.3 is 10.1 Å². The predicted molar refractivity (Wildman–Crippen MR) is 87.8 cm³/mol. The molecule has 118 valence electrons. The van der Waals surface area contributed by atoms with Crippen LogP contribution in [0.4, 0.5) is 0 Å². The minimum Gasteiger partial charge on any atom is -0.493 e. The third kappa shape index (κ3) is 6.76. The van der Waals surface area contributed by atoms with Crippen LogP contribution in [-0.4, -0.2) is 24.5 Å². The normalized spacial score (nSPS) is 12.7. The number of rotatable bonds is 9. The van der Waals surface area contributed by atoms with E-state index in [2.05, 4.69) is 33.0 Å². The molecular formula is C18H29NO2. The van der Waals surface area contributed by atoms with Crippen LogP contribution in [0.1, 0.15) is 46.6 Å². The molecule has 0 unspecified atom stereocenters. The molecule has 0 bridgehead atoms. The molecule has 1 aromatic carbocycles. The van der Waals surface area contributed by atoms with E-state index in [1.165, 1.54) is 0 Å². The molecule has 1 N–H and O–H groups in total. The third-order valence-corrected chi connectivity index (χ3v) is 3.22. The summed E-state index contributed by atoms with van der Waals surface area (Å²) in [6, 6.07) is 8.28. The van der Waals surface area contributed by atoms with Gasteiger partial charge in [0.2, 0.25) is 0 Å². The molecule has 0 aliphatic heterocycles. The first-order valence-electron chi connectivity index (χ1n) is 7.92. The molecule has 0 aromatic heterocycles. The van der Waals surface area contributed by atoms with Crippen LogP contribution in [0.2, 0.25) is 0 Å². The van der Waals surface area contributed by atoms with Gasteiger partial charge in [-0.25, -0.2) is 0 Å². The number of benzene rings is 1. The van der Waals surface area contributed by atoms with E-state index in [0.29, 0.717) is 18.4 Å². The van der Waals surface area contributed by atoms with Crippen molar-refractivity contribution < 1.29 is 9.53 Å². The van der Waals surface area contributed by atoms with Gasteiger partial charge >= 0.3 is 0 Å². The molecule has 21 heavy (non-hydrogen) atoms. The van der Waals surface area contributed by atoms with E-state index < -0.39 is 0 Å². The molecule has 0 heterocycles. The van der Waals surface area contributed by atoms with Gasteiger partial charge in [-0.2, -0.15) is 0 Å².